The van der Waals surface area contributed by atoms with E-state index >= 15 is 0 Å². The van der Waals surface area contributed by atoms with Gasteiger partial charge in [0.1, 0.15) is 0 Å². The van der Waals surface area contributed by atoms with Crippen LogP contribution in [-0.2, 0) is 0 Å². The minimum atomic E-state index is 0.719. The molecule has 0 spiro atoms. The van der Waals surface area contributed by atoms with Crippen molar-refractivity contribution in [3.63, 3.8) is 0 Å². The molecule has 0 unspecified atom stereocenters. The predicted molar refractivity (Wildman–Crippen MR) is 70.0 cm³/mol. The highest BCUT2D eigenvalue weighted by Gasteiger charge is 2.03. The Morgan fingerprint density at radius 2 is 1.36 bits per heavy atom. The highest BCUT2D eigenvalue weighted by atomic mass is 15.1. The molecule has 0 rings (SSSR count). The summed E-state index contributed by atoms with van der Waals surface area (Å²) in [6, 6.07) is 0.719. The first-order valence-electron chi connectivity index (χ1n) is 6.46. The molecule has 0 aromatic rings. The molecule has 14 heavy (non-hydrogen) atoms. The van der Waals surface area contributed by atoms with E-state index in [0.29, 0.717) is 0 Å². The zero-order valence-electron chi connectivity index (χ0n) is 11.9. The van der Waals surface area contributed by atoms with Crippen molar-refractivity contribution in [2.45, 2.75) is 74.3 Å². The molecule has 0 heterocycles. The molecule has 0 N–H and O–H groups in total. The van der Waals surface area contributed by atoms with Gasteiger partial charge in [-0.1, -0.05) is 48.0 Å². The van der Waals surface area contributed by atoms with Crippen molar-refractivity contribution in [3.05, 3.63) is 0 Å². The van der Waals surface area contributed by atoms with Gasteiger partial charge in [-0.05, 0) is 33.4 Å². The highest BCUT2D eigenvalue weighted by molar-refractivity contribution is 4.59. The van der Waals surface area contributed by atoms with Crippen molar-refractivity contribution in [1.82, 2.24) is 4.90 Å². The second-order valence-electron chi connectivity index (χ2n) is 3.08. The maximum Gasteiger partial charge on any atom is 0.00384 e. The third-order valence-corrected chi connectivity index (χ3v) is 1.94. The van der Waals surface area contributed by atoms with Crippen LogP contribution < -0.4 is 0 Å². The minimum absolute atomic E-state index is 0.719. The van der Waals surface area contributed by atoms with Gasteiger partial charge >= 0.3 is 0 Å². The van der Waals surface area contributed by atoms with E-state index in [2.05, 4.69) is 32.6 Å². The quantitative estimate of drug-likeness (QED) is 0.632. The van der Waals surface area contributed by atoms with Crippen LogP contribution in [0.4, 0.5) is 0 Å². The third-order valence-electron chi connectivity index (χ3n) is 1.94. The number of rotatable bonds is 5. The van der Waals surface area contributed by atoms with E-state index in [9.17, 15) is 0 Å². The van der Waals surface area contributed by atoms with Crippen LogP contribution in [0, 0.1) is 0 Å². The van der Waals surface area contributed by atoms with Gasteiger partial charge in [0.05, 0.1) is 0 Å². The summed E-state index contributed by atoms with van der Waals surface area (Å²) in [5.41, 5.74) is 0. The maximum atomic E-state index is 2.50. The van der Waals surface area contributed by atoms with Crippen molar-refractivity contribution < 1.29 is 0 Å². The van der Waals surface area contributed by atoms with Crippen LogP contribution in [-0.4, -0.2) is 24.0 Å². The SMILES string of the molecule is CC.CC.CCCCN(CC)C(C)C. The average molecular weight is 203 g/mol. The van der Waals surface area contributed by atoms with E-state index in [-0.39, 0.29) is 0 Å². The predicted octanol–water partition coefficient (Wildman–Crippen LogP) is 4.57. The Hall–Kier alpha value is -0.0400. The molecular formula is C13H33N. The fourth-order valence-corrected chi connectivity index (χ4v) is 1.14. The number of nitrogens with zero attached hydrogens (tertiary/aromatic N) is 1. The van der Waals surface area contributed by atoms with Gasteiger partial charge in [-0.3, -0.25) is 0 Å². The summed E-state index contributed by atoms with van der Waals surface area (Å²) in [7, 11) is 0. The van der Waals surface area contributed by atoms with Crippen LogP contribution in [0.3, 0.4) is 0 Å². The molecule has 0 aliphatic rings. The summed E-state index contributed by atoms with van der Waals surface area (Å²) < 4.78 is 0. The van der Waals surface area contributed by atoms with Crippen LogP contribution in [0.25, 0.3) is 0 Å². The Kier molecular flexibility index (Phi) is 26.1. The number of hydrogen-bond acceptors (Lipinski definition) is 1. The summed E-state index contributed by atoms with van der Waals surface area (Å²) in [4.78, 5) is 2.50. The zero-order chi connectivity index (χ0) is 12.0. The number of unbranched alkanes of at least 4 members (excludes halogenated alkanes) is 1. The Morgan fingerprint density at radius 3 is 1.57 bits per heavy atom. The molecule has 0 bridgehead atoms. The molecule has 0 saturated heterocycles. The van der Waals surface area contributed by atoms with Gasteiger partial charge in [-0.2, -0.15) is 0 Å². The lowest BCUT2D eigenvalue weighted by molar-refractivity contribution is 0.230. The van der Waals surface area contributed by atoms with E-state index in [4.69, 9.17) is 0 Å². The lowest BCUT2D eigenvalue weighted by Crippen LogP contribution is -2.31. The second kappa shape index (κ2) is 18.7. The smallest absolute Gasteiger partial charge is 0.00384 e. The molecule has 0 aromatic carbocycles. The molecule has 0 fully saturated rings. The second-order valence-corrected chi connectivity index (χ2v) is 3.08. The molecule has 0 aliphatic heterocycles. The summed E-state index contributed by atoms with van der Waals surface area (Å²) in [5.74, 6) is 0. The van der Waals surface area contributed by atoms with Crippen LogP contribution >= 0.6 is 0 Å². The van der Waals surface area contributed by atoms with Gasteiger partial charge in [0.25, 0.3) is 0 Å². The molecule has 1 nitrogen and oxygen atoms in total. The topological polar surface area (TPSA) is 3.24 Å². The van der Waals surface area contributed by atoms with E-state index in [1.165, 1.54) is 25.9 Å². The van der Waals surface area contributed by atoms with Crippen LogP contribution in [0.1, 0.15) is 68.2 Å². The Balaban J connectivity index is -0.000000266. The highest BCUT2D eigenvalue weighted by Crippen LogP contribution is 1.99. The van der Waals surface area contributed by atoms with E-state index in [1.807, 2.05) is 27.7 Å². The summed E-state index contributed by atoms with van der Waals surface area (Å²) in [5, 5.41) is 0. The molecule has 1 heteroatoms. The van der Waals surface area contributed by atoms with Crippen molar-refractivity contribution >= 4 is 0 Å². The first-order valence-corrected chi connectivity index (χ1v) is 6.46. The van der Waals surface area contributed by atoms with E-state index in [0.717, 1.165) is 6.04 Å². The van der Waals surface area contributed by atoms with E-state index < -0.39 is 0 Å². The van der Waals surface area contributed by atoms with Crippen molar-refractivity contribution in [1.29, 1.82) is 0 Å². The van der Waals surface area contributed by atoms with E-state index in [1.54, 1.807) is 0 Å². The first kappa shape index (κ1) is 19.5. The Bertz CT molecular complexity index is 69.6. The van der Waals surface area contributed by atoms with Crippen molar-refractivity contribution in [2.24, 2.45) is 0 Å². The molecule has 90 valence electrons. The molecule has 0 radical (unpaired) electrons. The van der Waals surface area contributed by atoms with Crippen molar-refractivity contribution in [3.8, 4) is 0 Å². The lowest BCUT2D eigenvalue weighted by Gasteiger charge is -2.24. The first-order chi connectivity index (χ1) is 6.72. The van der Waals surface area contributed by atoms with Gasteiger partial charge in [-0.15, -0.1) is 0 Å². The fourth-order valence-electron chi connectivity index (χ4n) is 1.14. The minimum Gasteiger partial charge on any atom is -0.301 e. The van der Waals surface area contributed by atoms with Gasteiger partial charge in [0.15, 0.2) is 0 Å². The van der Waals surface area contributed by atoms with Gasteiger partial charge in [0, 0.05) is 6.04 Å². The average Bonchev–Trinajstić information content (AvgIpc) is 2.24. The molecule has 0 saturated carbocycles. The molecule has 0 atom stereocenters. The molecule has 0 aromatic heterocycles. The monoisotopic (exact) mass is 203 g/mol. The lowest BCUT2D eigenvalue weighted by atomic mass is 10.2. The normalized spacial score (nSPS) is 9.00. The fraction of sp³-hybridized carbons (Fsp3) is 1.00. The largest absolute Gasteiger partial charge is 0.301 e. The van der Waals surface area contributed by atoms with Gasteiger partial charge in [0.2, 0.25) is 0 Å². The summed E-state index contributed by atoms with van der Waals surface area (Å²) in [6.45, 7) is 19.5. The zero-order valence-corrected chi connectivity index (χ0v) is 11.9. The standard InChI is InChI=1S/C9H21N.2C2H6/c1-5-7-8-10(6-2)9(3)4;2*1-2/h9H,5-8H2,1-4H3;2*1-2H3. The van der Waals surface area contributed by atoms with Gasteiger partial charge < -0.3 is 4.90 Å². The van der Waals surface area contributed by atoms with Gasteiger partial charge in [-0.25, -0.2) is 0 Å². The van der Waals surface area contributed by atoms with Crippen molar-refractivity contribution in [2.75, 3.05) is 13.1 Å². The van der Waals surface area contributed by atoms with Crippen LogP contribution in [0.5, 0.6) is 0 Å². The maximum absolute atomic E-state index is 2.50. The Labute approximate surface area is 92.9 Å². The molecule has 0 aliphatic carbocycles. The molecule has 0 amide bonds. The molecular weight excluding hydrogens is 170 g/mol. The Morgan fingerprint density at radius 1 is 0.929 bits per heavy atom. The van der Waals surface area contributed by atoms with Crippen LogP contribution in [0.15, 0.2) is 0 Å². The summed E-state index contributed by atoms with van der Waals surface area (Å²) in [6.07, 6.45) is 2.65. The summed E-state index contributed by atoms with van der Waals surface area (Å²) >= 11 is 0. The number of hydrogen-bond donors (Lipinski definition) is 0. The van der Waals surface area contributed by atoms with Crippen LogP contribution in [0.2, 0.25) is 0 Å². The third kappa shape index (κ3) is 14.5.